The Hall–Kier alpha value is -0.660. The molecule has 0 fully saturated rings. The van der Waals surface area contributed by atoms with Gasteiger partial charge in [-0.05, 0) is 12.8 Å². The van der Waals surface area contributed by atoms with Crippen molar-refractivity contribution in [2.45, 2.75) is 26.7 Å². The van der Waals surface area contributed by atoms with Crippen LogP contribution in [0.4, 0.5) is 0 Å². The Kier molecular flexibility index (Phi) is 6.46. The van der Waals surface area contributed by atoms with E-state index in [9.17, 15) is 13.2 Å². The van der Waals surface area contributed by atoms with E-state index < -0.39 is 22.8 Å². The molecule has 0 radical (unpaired) electrons. The molecule has 0 atom stereocenters. The van der Waals surface area contributed by atoms with Crippen LogP contribution in [0.1, 0.15) is 26.7 Å². The second-order valence-corrected chi connectivity index (χ2v) is 4.61. The van der Waals surface area contributed by atoms with Crippen molar-refractivity contribution in [3.05, 3.63) is 0 Å². The maximum absolute atomic E-state index is 11.5. The van der Waals surface area contributed by atoms with Gasteiger partial charge in [0, 0.05) is 6.54 Å². The molecular formula is C8H17NO5S. The van der Waals surface area contributed by atoms with Crippen molar-refractivity contribution in [3.63, 3.8) is 0 Å². The van der Waals surface area contributed by atoms with Crippen LogP contribution in [-0.4, -0.2) is 43.5 Å². The molecule has 0 unspecified atom stereocenters. The molecule has 0 aliphatic carbocycles. The van der Waals surface area contributed by atoms with E-state index in [-0.39, 0.29) is 13.2 Å². The lowest BCUT2D eigenvalue weighted by Crippen LogP contribution is -2.37. The highest BCUT2D eigenvalue weighted by atomic mass is 32.2. The first kappa shape index (κ1) is 14.3. The molecule has 7 heteroatoms. The smallest absolute Gasteiger partial charge is 0.338 e. The van der Waals surface area contributed by atoms with Gasteiger partial charge in [0.25, 0.3) is 0 Å². The van der Waals surface area contributed by atoms with Crippen LogP contribution in [0.25, 0.3) is 0 Å². The Balaban J connectivity index is 4.51. The van der Waals surface area contributed by atoms with Gasteiger partial charge in [-0.1, -0.05) is 13.8 Å². The first-order chi connectivity index (χ1) is 6.94. The Morgan fingerprint density at radius 1 is 1.33 bits per heavy atom. The van der Waals surface area contributed by atoms with Gasteiger partial charge in [-0.15, -0.1) is 0 Å². The van der Waals surface area contributed by atoms with Crippen LogP contribution in [0.15, 0.2) is 0 Å². The van der Waals surface area contributed by atoms with Gasteiger partial charge in [0.2, 0.25) is 0 Å². The van der Waals surface area contributed by atoms with Crippen molar-refractivity contribution >= 4 is 16.3 Å². The zero-order chi connectivity index (χ0) is 11.9. The lowest BCUT2D eigenvalue weighted by atomic mass is 10.5. The summed E-state index contributed by atoms with van der Waals surface area (Å²) >= 11 is 0. The average Bonchev–Trinajstić information content (AvgIpc) is 2.13. The van der Waals surface area contributed by atoms with Crippen molar-refractivity contribution in [2.24, 2.45) is 0 Å². The second kappa shape index (κ2) is 6.76. The Labute approximate surface area is 90.1 Å². The molecule has 0 amide bonds. The van der Waals surface area contributed by atoms with Crippen molar-refractivity contribution in [1.29, 1.82) is 0 Å². The highest BCUT2D eigenvalue weighted by Gasteiger charge is 2.24. The molecule has 0 aromatic carbocycles. The minimum absolute atomic E-state index is 0.0716. The summed E-state index contributed by atoms with van der Waals surface area (Å²) in [7, 11) is -3.89. The van der Waals surface area contributed by atoms with Gasteiger partial charge in [0.15, 0.2) is 0 Å². The van der Waals surface area contributed by atoms with Crippen LogP contribution in [0, 0.1) is 0 Å². The standard InChI is InChI=1S/C8H17NO5S/c1-3-5-9(7-8(10)11)15(12,13)14-6-4-2/h3-7H2,1-2H3,(H,10,11). The number of carboxylic acid groups (broad SMARTS) is 1. The summed E-state index contributed by atoms with van der Waals surface area (Å²) < 4.78 is 28.4. The van der Waals surface area contributed by atoms with Crippen LogP contribution >= 0.6 is 0 Å². The third kappa shape index (κ3) is 5.71. The summed E-state index contributed by atoms with van der Waals surface area (Å²) in [6, 6.07) is 0. The summed E-state index contributed by atoms with van der Waals surface area (Å²) in [4.78, 5) is 10.4. The van der Waals surface area contributed by atoms with Crippen molar-refractivity contribution in [1.82, 2.24) is 4.31 Å². The molecule has 15 heavy (non-hydrogen) atoms. The van der Waals surface area contributed by atoms with Gasteiger partial charge in [0.1, 0.15) is 6.54 Å². The van der Waals surface area contributed by atoms with E-state index in [4.69, 9.17) is 5.11 Å². The van der Waals surface area contributed by atoms with Gasteiger partial charge < -0.3 is 5.11 Å². The van der Waals surface area contributed by atoms with Crippen molar-refractivity contribution in [2.75, 3.05) is 19.7 Å². The zero-order valence-corrected chi connectivity index (χ0v) is 9.79. The highest BCUT2D eigenvalue weighted by molar-refractivity contribution is 7.84. The number of carbonyl (C=O) groups is 1. The van der Waals surface area contributed by atoms with Crippen LogP contribution < -0.4 is 0 Å². The molecule has 0 aliphatic heterocycles. The number of hydrogen-bond acceptors (Lipinski definition) is 4. The quantitative estimate of drug-likeness (QED) is 0.665. The lowest BCUT2D eigenvalue weighted by molar-refractivity contribution is -0.137. The van der Waals surface area contributed by atoms with Gasteiger partial charge in [-0.3, -0.25) is 8.98 Å². The predicted octanol–water partition coefficient (Wildman–Crippen LogP) is 0.454. The fraction of sp³-hybridized carbons (Fsp3) is 0.875. The van der Waals surface area contributed by atoms with E-state index in [0.29, 0.717) is 12.8 Å². The topological polar surface area (TPSA) is 83.9 Å². The predicted molar refractivity (Wildman–Crippen MR) is 54.7 cm³/mol. The average molecular weight is 239 g/mol. The zero-order valence-electron chi connectivity index (χ0n) is 8.97. The summed E-state index contributed by atoms with van der Waals surface area (Å²) in [5.74, 6) is -1.19. The monoisotopic (exact) mass is 239 g/mol. The third-order valence-electron chi connectivity index (χ3n) is 1.54. The SMILES string of the molecule is CCCOS(=O)(=O)N(CCC)CC(=O)O. The summed E-state index contributed by atoms with van der Waals surface area (Å²) in [6.45, 7) is 3.21. The number of hydrogen-bond donors (Lipinski definition) is 1. The Bertz CT molecular complexity index is 287. The number of rotatable bonds is 8. The number of nitrogens with zero attached hydrogens (tertiary/aromatic N) is 1. The van der Waals surface area contributed by atoms with Crippen molar-refractivity contribution in [3.8, 4) is 0 Å². The van der Waals surface area contributed by atoms with Crippen LogP contribution in [0.2, 0.25) is 0 Å². The van der Waals surface area contributed by atoms with E-state index in [1.165, 1.54) is 0 Å². The number of carboxylic acids is 1. The van der Waals surface area contributed by atoms with Gasteiger partial charge in [0.05, 0.1) is 6.61 Å². The van der Waals surface area contributed by atoms with Crippen LogP contribution in [-0.2, 0) is 19.3 Å². The van der Waals surface area contributed by atoms with E-state index in [1.807, 2.05) is 0 Å². The van der Waals surface area contributed by atoms with E-state index in [1.54, 1.807) is 13.8 Å². The van der Waals surface area contributed by atoms with Crippen LogP contribution in [0.5, 0.6) is 0 Å². The molecule has 0 spiro atoms. The molecule has 90 valence electrons. The Morgan fingerprint density at radius 3 is 2.33 bits per heavy atom. The van der Waals surface area contributed by atoms with Crippen LogP contribution in [0.3, 0.4) is 0 Å². The fourth-order valence-electron chi connectivity index (χ4n) is 0.933. The highest BCUT2D eigenvalue weighted by Crippen LogP contribution is 2.05. The Morgan fingerprint density at radius 2 is 1.93 bits per heavy atom. The normalized spacial score (nSPS) is 11.9. The number of aliphatic carboxylic acids is 1. The summed E-state index contributed by atoms with van der Waals surface area (Å²) in [5.41, 5.74) is 0. The molecule has 0 aliphatic rings. The maximum Gasteiger partial charge on any atom is 0.338 e. The summed E-state index contributed by atoms with van der Waals surface area (Å²) in [6.07, 6.45) is 1.11. The van der Waals surface area contributed by atoms with E-state index in [2.05, 4.69) is 4.18 Å². The molecule has 0 heterocycles. The largest absolute Gasteiger partial charge is 0.480 e. The molecule has 0 aromatic rings. The van der Waals surface area contributed by atoms with Gasteiger partial charge in [-0.25, -0.2) is 0 Å². The molecule has 1 N–H and O–H groups in total. The van der Waals surface area contributed by atoms with Gasteiger partial charge >= 0.3 is 16.3 Å². The molecule has 0 saturated carbocycles. The minimum Gasteiger partial charge on any atom is -0.480 e. The molecule has 0 rings (SSSR count). The van der Waals surface area contributed by atoms with Crippen molar-refractivity contribution < 1.29 is 22.5 Å². The fourth-order valence-corrected chi connectivity index (χ4v) is 2.13. The molecular weight excluding hydrogens is 222 g/mol. The summed E-state index contributed by atoms with van der Waals surface area (Å²) in [5, 5.41) is 8.54. The second-order valence-electron chi connectivity index (χ2n) is 3.01. The maximum atomic E-state index is 11.5. The third-order valence-corrected chi connectivity index (χ3v) is 2.95. The molecule has 0 saturated heterocycles. The molecule has 0 bridgehead atoms. The van der Waals surface area contributed by atoms with E-state index >= 15 is 0 Å². The lowest BCUT2D eigenvalue weighted by Gasteiger charge is -2.18. The molecule has 0 aromatic heterocycles. The van der Waals surface area contributed by atoms with E-state index in [0.717, 1.165) is 4.31 Å². The first-order valence-electron chi connectivity index (χ1n) is 4.80. The molecule has 6 nitrogen and oxygen atoms in total. The first-order valence-corrected chi connectivity index (χ1v) is 6.16. The van der Waals surface area contributed by atoms with Gasteiger partial charge in [-0.2, -0.15) is 12.7 Å². The minimum atomic E-state index is -3.89.